The maximum absolute atomic E-state index is 13.9. The SMILES string of the molecule is CC(=O)Oc1c(Cl)c(OC(C)=O)c2c(=O)c3cccc(/C=N\Nc4ccc(F)cc4F)c3oc2c1Cl. The lowest BCUT2D eigenvalue weighted by molar-refractivity contribution is -0.132. The van der Waals surface area contributed by atoms with E-state index in [0.717, 1.165) is 26.0 Å². The number of nitrogens with one attached hydrogen (secondary N) is 1. The second kappa shape index (κ2) is 9.92. The molecule has 0 aliphatic rings. The number of fused-ring (bicyclic) bond motifs is 2. The van der Waals surface area contributed by atoms with Crippen molar-refractivity contribution < 1.29 is 32.3 Å². The Balaban J connectivity index is 1.93. The number of hydrogen-bond donors (Lipinski definition) is 1. The van der Waals surface area contributed by atoms with Gasteiger partial charge in [0.05, 0.1) is 17.3 Å². The highest BCUT2D eigenvalue weighted by Crippen LogP contribution is 2.47. The molecule has 12 heteroatoms. The number of nitrogens with zero attached hydrogens (tertiary/aromatic N) is 1. The Morgan fingerprint density at radius 3 is 2.36 bits per heavy atom. The van der Waals surface area contributed by atoms with E-state index in [1.165, 1.54) is 18.3 Å². The van der Waals surface area contributed by atoms with E-state index in [1.807, 2.05) is 0 Å². The lowest BCUT2D eigenvalue weighted by atomic mass is 10.1. The van der Waals surface area contributed by atoms with Gasteiger partial charge in [0.2, 0.25) is 5.43 Å². The molecule has 4 rings (SSSR count). The van der Waals surface area contributed by atoms with Crippen LogP contribution in [0.5, 0.6) is 11.5 Å². The number of benzene rings is 3. The Morgan fingerprint density at radius 1 is 1.00 bits per heavy atom. The molecule has 0 aliphatic heterocycles. The number of hydrogen-bond acceptors (Lipinski definition) is 8. The summed E-state index contributed by atoms with van der Waals surface area (Å²) in [5.41, 5.74) is 1.74. The minimum atomic E-state index is -0.859. The van der Waals surface area contributed by atoms with E-state index in [2.05, 4.69) is 10.5 Å². The Morgan fingerprint density at radius 2 is 1.69 bits per heavy atom. The van der Waals surface area contributed by atoms with Gasteiger partial charge >= 0.3 is 11.9 Å². The topological polar surface area (TPSA) is 107 Å². The number of hydrazone groups is 1. The first-order valence-corrected chi connectivity index (χ1v) is 10.9. The molecule has 4 aromatic rings. The van der Waals surface area contributed by atoms with Crippen molar-refractivity contribution >= 4 is 69.0 Å². The van der Waals surface area contributed by atoms with Crippen LogP contribution >= 0.6 is 23.2 Å². The molecule has 0 amide bonds. The number of rotatable bonds is 5. The highest BCUT2D eigenvalue weighted by atomic mass is 35.5. The lowest BCUT2D eigenvalue weighted by Gasteiger charge is -2.14. The van der Waals surface area contributed by atoms with Gasteiger partial charge in [0.25, 0.3) is 0 Å². The van der Waals surface area contributed by atoms with Gasteiger partial charge in [-0.1, -0.05) is 29.3 Å². The van der Waals surface area contributed by atoms with Crippen LogP contribution in [-0.2, 0) is 9.59 Å². The molecule has 0 atom stereocenters. The van der Waals surface area contributed by atoms with E-state index in [9.17, 15) is 23.2 Å². The summed E-state index contributed by atoms with van der Waals surface area (Å²) in [4.78, 5) is 36.7. The van der Waals surface area contributed by atoms with Crippen LogP contribution in [0.1, 0.15) is 19.4 Å². The first-order chi connectivity index (χ1) is 17.1. The van der Waals surface area contributed by atoms with Gasteiger partial charge in [-0.25, -0.2) is 8.78 Å². The number of ether oxygens (including phenoxy) is 2. The van der Waals surface area contributed by atoms with Crippen LogP contribution in [0.15, 0.2) is 50.7 Å². The molecular formula is C24H14Cl2F2N2O6. The van der Waals surface area contributed by atoms with E-state index >= 15 is 0 Å². The minimum Gasteiger partial charge on any atom is -0.453 e. The summed E-state index contributed by atoms with van der Waals surface area (Å²) in [6.45, 7) is 2.20. The molecule has 3 aromatic carbocycles. The van der Waals surface area contributed by atoms with Crippen molar-refractivity contribution in [3.8, 4) is 11.5 Å². The van der Waals surface area contributed by atoms with Crippen molar-refractivity contribution in [2.75, 3.05) is 5.43 Å². The average molecular weight is 535 g/mol. The number of esters is 2. The molecule has 0 saturated heterocycles. The molecule has 1 heterocycles. The van der Waals surface area contributed by atoms with Crippen LogP contribution in [-0.4, -0.2) is 18.2 Å². The number of anilines is 1. The summed E-state index contributed by atoms with van der Waals surface area (Å²) < 4.78 is 43.1. The molecule has 1 aromatic heterocycles. The van der Waals surface area contributed by atoms with Crippen LogP contribution in [0.4, 0.5) is 14.5 Å². The smallest absolute Gasteiger partial charge is 0.308 e. The molecule has 0 saturated carbocycles. The Kier molecular flexibility index (Phi) is 6.91. The van der Waals surface area contributed by atoms with Crippen molar-refractivity contribution in [1.29, 1.82) is 0 Å². The van der Waals surface area contributed by atoms with Gasteiger partial charge < -0.3 is 13.9 Å². The normalized spacial score (nSPS) is 11.3. The second-order valence-electron chi connectivity index (χ2n) is 7.33. The van der Waals surface area contributed by atoms with Crippen molar-refractivity contribution in [3.05, 3.63) is 73.9 Å². The molecule has 0 fully saturated rings. The van der Waals surface area contributed by atoms with Crippen molar-refractivity contribution in [2.45, 2.75) is 13.8 Å². The second-order valence-corrected chi connectivity index (χ2v) is 8.08. The van der Waals surface area contributed by atoms with E-state index in [1.54, 1.807) is 6.07 Å². The summed E-state index contributed by atoms with van der Waals surface area (Å²) in [6, 6.07) is 7.44. The largest absolute Gasteiger partial charge is 0.453 e. The molecule has 1 N–H and O–H groups in total. The number of carbonyl (C=O) groups is 2. The Hall–Kier alpha value is -4.02. The summed E-state index contributed by atoms with van der Waals surface area (Å²) in [6.07, 6.45) is 1.24. The van der Waals surface area contributed by atoms with Gasteiger partial charge in [0.1, 0.15) is 26.8 Å². The van der Waals surface area contributed by atoms with Gasteiger partial charge in [0, 0.05) is 25.5 Å². The third-order valence-electron chi connectivity index (χ3n) is 4.78. The van der Waals surface area contributed by atoms with Gasteiger partial charge in [-0.15, -0.1) is 0 Å². The van der Waals surface area contributed by atoms with Crippen LogP contribution in [0, 0.1) is 11.6 Å². The third-order valence-corrected chi connectivity index (χ3v) is 5.47. The van der Waals surface area contributed by atoms with Crippen molar-refractivity contribution in [1.82, 2.24) is 0 Å². The molecule has 0 aliphatic carbocycles. The zero-order chi connectivity index (χ0) is 26.1. The van der Waals surface area contributed by atoms with Gasteiger partial charge in [-0.05, 0) is 24.3 Å². The highest BCUT2D eigenvalue weighted by Gasteiger charge is 2.27. The third kappa shape index (κ3) is 4.73. The number of carbonyl (C=O) groups excluding carboxylic acids is 2. The average Bonchev–Trinajstić information content (AvgIpc) is 2.81. The van der Waals surface area contributed by atoms with Gasteiger partial charge in [-0.2, -0.15) is 5.10 Å². The molecule has 0 radical (unpaired) electrons. The fraction of sp³-hybridized carbons (Fsp3) is 0.0833. The van der Waals surface area contributed by atoms with Gasteiger partial charge in [-0.3, -0.25) is 19.8 Å². The van der Waals surface area contributed by atoms with Crippen LogP contribution in [0.2, 0.25) is 10.0 Å². The Labute approximate surface area is 211 Å². The molecule has 36 heavy (non-hydrogen) atoms. The fourth-order valence-corrected chi connectivity index (χ4v) is 3.92. The number of halogens is 4. The quantitative estimate of drug-likeness (QED) is 0.113. The first-order valence-electron chi connectivity index (χ1n) is 10.1. The molecule has 0 unspecified atom stereocenters. The predicted octanol–water partition coefficient (Wildman–Crippen LogP) is 5.83. The zero-order valence-electron chi connectivity index (χ0n) is 18.5. The predicted molar refractivity (Wildman–Crippen MR) is 130 cm³/mol. The summed E-state index contributed by atoms with van der Waals surface area (Å²) in [7, 11) is 0. The maximum atomic E-state index is 13.9. The van der Waals surface area contributed by atoms with E-state index < -0.39 is 29.0 Å². The lowest BCUT2D eigenvalue weighted by Crippen LogP contribution is -2.11. The number of para-hydroxylation sites is 1. The highest BCUT2D eigenvalue weighted by molar-refractivity contribution is 6.42. The minimum absolute atomic E-state index is 0.0203. The van der Waals surface area contributed by atoms with E-state index in [4.69, 9.17) is 37.1 Å². The summed E-state index contributed by atoms with van der Waals surface area (Å²) >= 11 is 12.7. The van der Waals surface area contributed by atoms with Crippen LogP contribution < -0.4 is 20.3 Å². The van der Waals surface area contributed by atoms with E-state index in [-0.39, 0.29) is 54.7 Å². The molecule has 0 spiro atoms. The molecular weight excluding hydrogens is 521 g/mol. The van der Waals surface area contributed by atoms with Crippen molar-refractivity contribution in [3.63, 3.8) is 0 Å². The monoisotopic (exact) mass is 534 g/mol. The standard InChI is InChI=1S/C24H14Cl2F2N2O6/c1-10(31)34-22-17-20(33)14-5-3-4-12(9-29-30-16-7-6-13(27)8-15(16)28)21(14)36-23(17)19(26)24(18(22)25)35-11(2)32/h3-9,30H,1-2H3/b29-9-. The Bertz CT molecular complexity index is 1650. The van der Waals surface area contributed by atoms with Crippen LogP contribution in [0.3, 0.4) is 0 Å². The van der Waals surface area contributed by atoms with Gasteiger partial charge in [0.15, 0.2) is 22.9 Å². The maximum Gasteiger partial charge on any atom is 0.308 e. The summed E-state index contributed by atoms with van der Waals surface area (Å²) in [5.74, 6) is -3.93. The molecule has 0 bridgehead atoms. The first kappa shape index (κ1) is 25.1. The zero-order valence-corrected chi connectivity index (χ0v) is 20.0. The summed E-state index contributed by atoms with van der Waals surface area (Å²) in [5, 5.41) is 3.06. The van der Waals surface area contributed by atoms with E-state index in [0.29, 0.717) is 6.07 Å². The van der Waals surface area contributed by atoms with Crippen LogP contribution in [0.25, 0.3) is 21.9 Å². The molecule has 8 nitrogen and oxygen atoms in total. The fourth-order valence-electron chi connectivity index (χ4n) is 3.34. The van der Waals surface area contributed by atoms with Crippen molar-refractivity contribution in [2.24, 2.45) is 5.10 Å². The molecule has 184 valence electrons.